The second kappa shape index (κ2) is 8.29. The second-order valence-corrected chi connectivity index (χ2v) is 5.48. The number of benzene rings is 2. The molecule has 0 aliphatic heterocycles. The summed E-state index contributed by atoms with van der Waals surface area (Å²) in [7, 11) is 0. The van der Waals surface area contributed by atoms with Gasteiger partial charge in [-0.2, -0.15) is 5.26 Å². The lowest BCUT2D eigenvalue weighted by Gasteiger charge is -2.05. The third kappa shape index (κ3) is 5.31. The average molecular weight is 379 g/mol. The van der Waals surface area contributed by atoms with Crippen LogP contribution in [0.2, 0.25) is 10.0 Å². The standard InChI is InChI=1S/C17H9Cl2FN2O3/c18-12-2-1-10(15(19)8-12)7-11(9-21)16(23)22-17(24)25-14-5-3-13(20)4-6-14/h1-8H,(H,22,23,24)/b11-7+. The number of carbonyl (C=O) groups is 2. The fourth-order valence-corrected chi connectivity index (χ4v) is 2.18. The van der Waals surface area contributed by atoms with Crippen molar-refractivity contribution < 1.29 is 18.7 Å². The molecule has 0 unspecified atom stereocenters. The zero-order valence-corrected chi connectivity index (χ0v) is 13.9. The Hall–Kier alpha value is -2.88. The Balaban J connectivity index is 2.09. The highest BCUT2D eigenvalue weighted by atomic mass is 35.5. The Bertz CT molecular complexity index is 890. The van der Waals surface area contributed by atoms with Crippen LogP contribution in [0, 0.1) is 17.1 Å². The van der Waals surface area contributed by atoms with E-state index in [4.69, 9.17) is 33.2 Å². The molecule has 5 nitrogen and oxygen atoms in total. The average Bonchev–Trinajstić information content (AvgIpc) is 2.56. The highest BCUT2D eigenvalue weighted by Crippen LogP contribution is 2.23. The van der Waals surface area contributed by atoms with Crippen molar-refractivity contribution in [3.05, 3.63) is 69.5 Å². The molecule has 126 valence electrons. The first-order valence-electron chi connectivity index (χ1n) is 6.74. The number of nitriles is 1. The largest absolute Gasteiger partial charge is 0.419 e. The third-order valence-electron chi connectivity index (χ3n) is 2.87. The van der Waals surface area contributed by atoms with Crippen molar-refractivity contribution in [2.24, 2.45) is 0 Å². The summed E-state index contributed by atoms with van der Waals surface area (Å²) in [6.07, 6.45) is 0.0964. The predicted molar refractivity (Wildman–Crippen MR) is 90.6 cm³/mol. The summed E-state index contributed by atoms with van der Waals surface area (Å²) < 4.78 is 17.6. The number of nitrogens with one attached hydrogen (secondary N) is 1. The van der Waals surface area contributed by atoms with Gasteiger partial charge in [0.2, 0.25) is 0 Å². The molecule has 2 amide bonds. The molecule has 0 radical (unpaired) electrons. The van der Waals surface area contributed by atoms with Crippen LogP contribution in [0.5, 0.6) is 5.75 Å². The molecule has 0 aromatic heterocycles. The zero-order chi connectivity index (χ0) is 18.4. The lowest BCUT2D eigenvalue weighted by atomic mass is 10.1. The summed E-state index contributed by atoms with van der Waals surface area (Å²) in [5, 5.41) is 11.6. The lowest BCUT2D eigenvalue weighted by Crippen LogP contribution is -2.33. The number of rotatable bonds is 3. The second-order valence-electron chi connectivity index (χ2n) is 4.63. The topological polar surface area (TPSA) is 79.2 Å². The van der Waals surface area contributed by atoms with Crippen LogP contribution in [0.3, 0.4) is 0 Å². The number of carbonyl (C=O) groups excluding carboxylic acids is 2. The molecule has 0 aliphatic rings. The van der Waals surface area contributed by atoms with Crippen molar-refractivity contribution in [2.75, 3.05) is 0 Å². The van der Waals surface area contributed by atoms with Crippen LogP contribution < -0.4 is 10.1 Å². The number of halogens is 3. The smallest absolute Gasteiger partial charge is 0.410 e. The Morgan fingerprint density at radius 2 is 1.84 bits per heavy atom. The summed E-state index contributed by atoms with van der Waals surface area (Å²) >= 11 is 11.7. The first kappa shape index (κ1) is 18.5. The number of imide groups is 1. The molecule has 0 saturated carbocycles. The Morgan fingerprint density at radius 3 is 2.44 bits per heavy atom. The monoisotopic (exact) mass is 378 g/mol. The van der Waals surface area contributed by atoms with E-state index in [1.165, 1.54) is 36.4 Å². The van der Waals surface area contributed by atoms with E-state index in [1.807, 2.05) is 5.32 Å². The van der Waals surface area contributed by atoms with Gasteiger partial charge in [0.05, 0.1) is 0 Å². The molecule has 25 heavy (non-hydrogen) atoms. The van der Waals surface area contributed by atoms with Crippen LogP contribution in [0.15, 0.2) is 48.0 Å². The van der Waals surface area contributed by atoms with Crippen LogP contribution in [0.4, 0.5) is 9.18 Å². The van der Waals surface area contributed by atoms with Gasteiger partial charge in [-0.25, -0.2) is 9.18 Å². The van der Waals surface area contributed by atoms with E-state index in [0.717, 1.165) is 12.1 Å². The van der Waals surface area contributed by atoms with Gasteiger partial charge in [-0.1, -0.05) is 29.3 Å². The van der Waals surface area contributed by atoms with Crippen molar-refractivity contribution in [1.82, 2.24) is 5.32 Å². The van der Waals surface area contributed by atoms with Gasteiger partial charge in [-0.15, -0.1) is 0 Å². The van der Waals surface area contributed by atoms with E-state index in [0.29, 0.717) is 10.6 Å². The van der Waals surface area contributed by atoms with Gasteiger partial charge >= 0.3 is 6.09 Å². The molecule has 2 aromatic rings. The van der Waals surface area contributed by atoms with E-state index in [2.05, 4.69) is 0 Å². The van der Waals surface area contributed by atoms with Crippen LogP contribution in [-0.4, -0.2) is 12.0 Å². The SMILES string of the molecule is N#C/C(=C\c1ccc(Cl)cc1Cl)C(=O)NC(=O)Oc1ccc(F)cc1. The highest BCUT2D eigenvalue weighted by Gasteiger charge is 2.15. The van der Waals surface area contributed by atoms with Gasteiger partial charge in [0.15, 0.2) is 0 Å². The molecule has 0 fully saturated rings. The zero-order valence-electron chi connectivity index (χ0n) is 12.4. The first-order valence-corrected chi connectivity index (χ1v) is 7.50. The third-order valence-corrected chi connectivity index (χ3v) is 3.43. The van der Waals surface area contributed by atoms with Crippen molar-refractivity contribution in [2.45, 2.75) is 0 Å². The van der Waals surface area contributed by atoms with Gasteiger partial charge in [-0.05, 0) is 48.0 Å². The molecule has 0 saturated heterocycles. The molecule has 0 atom stereocenters. The molecular weight excluding hydrogens is 370 g/mol. The number of ether oxygens (including phenoxy) is 1. The molecule has 2 aromatic carbocycles. The minimum Gasteiger partial charge on any atom is -0.410 e. The Kier molecular flexibility index (Phi) is 6.12. The summed E-state index contributed by atoms with van der Waals surface area (Å²) in [6.45, 7) is 0. The van der Waals surface area contributed by atoms with Crippen LogP contribution >= 0.6 is 23.2 Å². The maximum Gasteiger partial charge on any atom is 0.419 e. The van der Waals surface area contributed by atoms with E-state index in [1.54, 1.807) is 6.07 Å². The maximum absolute atomic E-state index is 12.8. The maximum atomic E-state index is 12.8. The summed E-state index contributed by atoms with van der Waals surface area (Å²) in [4.78, 5) is 23.6. The van der Waals surface area contributed by atoms with Crippen molar-refractivity contribution in [1.29, 1.82) is 5.26 Å². The summed E-state index contributed by atoms with van der Waals surface area (Å²) in [5.74, 6) is -1.44. The minimum absolute atomic E-state index is 0.0370. The predicted octanol–water partition coefficient (Wildman–Crippen LogP) is 4.35. The highest BCUT2D eigenvalue weighted by molar-refractivity contribution is 6.35. The molecule has 0 aliphatic carbocycles. The van der Waals surface area contributed by atoms with E-state index in [-0.39, 0.29) is 16.3 Å². The van der Waals surface area contributed by atoms with Crippen LogP contribution in [-0.2, 0) is 4.79 Å². The molecule has 0 bridgehead atoms. The minimum atomic E-state index is -1.11. The van der Waals surface area contributed by atoms with E-state index >= 15 is 0 Å². The van der Waals surface area contributed by atoms with Gasteiger partial charge in [-0.3, -0.25) is 10.1 Å². The number of nitrogens with zero attached hydrogens (tertiary/aromatic N) is 1. The fraction of sp³-hybridized carbons (Fsp3) is 0. The molecule has 2 rings (SSSR count). The molecule has 0 heterocycles. The fourth-order valence-electron chi connectivity index (χ4n) is 1.72. The Labute approximate surface area is 152 Å². The Morgan fingerprint density at radius 1 is 1.16 bits per heavy atom. The van der Waals surface area contributed by atoms with Crippen molar-refractivity contribution >= 4 is 41.3 Å². The normalized spacial score (nSPS) is 10.7. The van der Waals surface area contributed by atoms with E-state index in [9.17, 15) is 14.0 Å². The van der Waals surface area contributed by atoms with Gasteiger partial charge in [0.1, 0.15) is 23.2 Å². The quantitative estimate of drug-likeness (QED) is 0.635. The van der Waals surface area contributed by atoms with Gasteiger partial charge in [0.25, 0.3) is 5.91 Å². The number of hydrogen-bond donors (Lipinski definition) is 1. The summed E-state index contributed by atoms with van der Waals surface area (Å²) in [5.41, 5.74) is 0.0185. The van der Waals surface area contributed by atoms with Gasteiger partial charge in [0, 0.05) is 10.0 Å². The molecule has 8 heteroatoms. The molecule has 0 spiro atoms. The van der Waals surface area contributed by atoms with Gasteiger partial charge < -0.3 is 4.74 Å². The van der Waals surface area contributed by atoms with Crippen molar-refractivity contribution in [3.63, 3.8) is 0 Å². The first-order chi connectivity index (χ1) is 11.9. The number of amides is 2. The van der Waals surface area contributed by atoms with Crippen molar-refractivity contribution in [3.8, 4) is 11.8 Å². The molecule has 1 N–H and O–H groups in total. The number of hydrogen-bond acceptors (Lipinski definition) is 4. The lowest BCUT2D eigenvalue weighted by molar-refractivity contribution is -0.116. The molecular formula is C17H9Cl2FN2O3. The van der Waals surface area contributed by atoms with Crippen LogP contribution in [0.1, 0.15) is 5.56 Å². The van der Waals surface area contributed by atoms with E-state index < -0.39 is 17.8 Å². The summed E-state index contributed by atoms with van der Waals surface area (Å²) in [6, 6.07) is 10.8. The van der Waals surface area contributed by atoms with Crippen LogP contribution in [0.25, 0.3) is 6.08 Å².